The van der Waals surface area contributed by atoms with E-state index in [0.717, 1.165) is 17.8 Å². The van der Waals surface area contributed by atoms with Crippen molar-refractivity contribution in [3.05, 3.63) is 17.0 Å². The molecule has 4 nitrogen and oxygen atoms in total. The molecule has 1 N–H and O–H groups in total. The number of nitrogens with zero attached hydrogens (tertiary/aromatic N) is 1. The lowest BCUT2D eigenvalue weighted by Gasteiger charge is -2.05. The van der Waals surface area contributed by atoms with Gasteiger partial charge < -0.3 is 4.74 Å². The number of aromatic nitrogens is 2. The predicted octanol–water partition coefficient (Wildman–Crippen LogP) is 2.02. The van der Waals surface area contributed by atoms with Crippen LogP contribution in [0.15, 0.2) is 0 Å². The summed E-state index contributed by atoms with van der Waals surface area (Å²) in [5.41, 5.74) is 3.30. The van der Waals surface area contributed by atoms with Crippen molar-refractivity contribution in [2.75, 3.05) is 7.11 Å². The molecule has 1 aromatic rings. The summed E-state index contributed by atoms with van der Waals surface area (Å²) in [6.07, 6.45) is 2.07. The molecule has 0 bridgehead atoms. The van der Waals surface area contributed by atoms with Crippen LogP contribution in [-0.2, 0) is 22.4 Å². The van der Waals surface area contributed by atoms with Gasteiger partial charge >= 0.3 is 5.97 Å². The monoisotopic (exact) mass is 224 g/mol. The summed E-state index contributed by atoms with van der Waals surface area (Å²) in [6.45, 7) is 6.31. The fourth-order valence-electron chi connectivity index (χ4n) is 1.72. The van der Waals surface area contributed by atoms with Crippen LogP contribution in [0.2, 0.25) is 0 Å². The van der Waals surface area contributed by atoms with Crippen molar-refractivity contribution < 1.29 is 9.53 Å². The van der Waals surface area contributed by atoms with E-state index < -0.39 is 0 Å². The zero-order valence-electron chi connectivity index (χ0n) is 10.5. The smallest absolute Gasteiger partial charge is 0.305 e. The molecule has 1 rings (SSSR count). The highest BCUT2D eigenvalue weighted by Gasteiger charge is 2.13. The number of H-pyrrole nitrogens is 1. The van der Waals surface area contributed by atoms with E-state index in [9.17, 15) is 4.79 Å². The molecule has 0 amide bonds. The number of aryl methyl sites for hydroxylation is 1. The molecule has 16 heavy (non-hydrogen) atoms. The Bertz CT molecular complexity index is 356. The number of methoxy groups -OCH3 is 1. The first kappa shape index (κ1) is 12.7. The van der Waals surface area contributed by atoms with Crippen LogP contribution in [0.25, 0.3) is 0 Å². The highest BCUT2D eigenvalue weighted by Crippen LogP contribution is 2.16. The number of ether oxygens (including phenoxy) is 1. The minimum atomic E-state index is -0.170. The largest absolute Gasteiger partial charge is 0.469 e. The van der Waals surface area contributed by atoms with E-state index >= 15 is 0 Å². The molecule has 0 spiro atoms. The van der Waals surface area contributed by atoms with E-state index in [1.54, 1.807) is 0 Å². The fraction of sp³-hybridized carbons (Fsp3) is 0.667. The van der Waals surface area contributed by atoms with Gasteiger partial charge in [0, 0.05) is 12.1 Å². The van der Waals surface area contributed by atoms with Gasteiger partial charge in [0.25, 0.3) is 0 Å². The van der Waals surface area contributed by atoms with Gasteiger partial charge in [-0.25, -0.2) is 0 Å². The molecule has 1 aromatic heterocycles. The second-order valence-electron chi connectivity index (χ2n) is 4.45. The van der Waals surface area contributed by atoms with Gasteiger partial charge in [-0.3, -0.25) is 9.89 Å². The van der Waals surface area contributed by atoms with Crippen molar-refractivity contribution in [2.45, 2.75) is 40.0 Å². The third-order valence-corrected chi connectivity index (χ3v) is 2.57. The van der Waals surface area contributed by atoms with E-state index in [-0.39, 0.29) is 5.97 Å². The highest BCUT2D eigenvalue weighted by molar-refractivity contribution is 5.69. The molecular weight excluding hydrogens is 204 g/mol. The molecular formula is C12H20N2O2. The molecule has 0 radical (unpaired) electrons. The fourth-order valence-corrected chi connectivity index (χ4v) is 1.72. The van der Waals surface area contributed by atoms with Gasteiger partial charge in [-0.1, -0.05) is 13.8 Å². The summed E-state index contributed by atoms with van der Waals surface area (Å²) >= 11 is 0. The van der Waals surface area contributed by atoms with E-state index in [4.69, 9.17) is 0 Å². The lowest BCUT2D eigenvalue weighted by molar-refractivity contribution is -0.140. The Morgan fingerprint density at radius 1 is 1.50 bits per heavy atom. The molecule has 0 aliphatic rings. The quantitative estimate of drug-likeness (QED) is 0.778. The number of hydrogen-bond acceptors (Lipinski definition) is 3. The van der Waals surface area contributed by atoms with Crippen LogP contribution >= 0.6 is 0 Å². The number of aromatic amines is 1. The van der Waals surface area contributed by atoms with E-state index in [0.29, 0.717) is 18.8 Å². The van der Waals surface area contributed by atoms with Crippen LogP contribution < -0.4 is 0 Å². The van der Waals surface area contributed by atoms with Gasteiger partial charge in [-0.05, 0) is 31.2 Å². The molecule has 4 heteroatoms. The van der Waals surface area contributed by atoms with Crippen LogP contribution in [0.4, 0.5) is 0 Å². The number of carbonyl (C=O) groups is 1. The van der Waals surface area contributed by atoms with Gasteiger partial charge in [0.2, 0.25) is 0 Å². The van der Waals surface area contributed by atoms with Crippen molar-refractivity contribution in [2.24, 2.45) is 5.92 Å². The van der Waals surface area contributed by atoms with Crippen molar-refractivity contribution in [3.8, 4) is 0 Å². The van der Waals surface area contributed by atoms with Gasteiger partial charge in [0.1, 0.15) is 0 Å². The Kier molecular flexibility index (Phi) is 4.52. The Morgan fingerprint density at radius 3 is 2.75 bits per heavy atom. The first-order chi connectivity index (χ1) is 7.54. The lowest BCUT2D eigenvalue weighted by atomic mass is 10.0. The first-order valence-corrected chi connectivity index (χ1v) is 5.64. The molecule has 90 valence electrons. The van der Waals surface area contributed by atoms with Gasteiger partial charge in [-0.15, -0.1) is 0 Å². The molecule has 0 aromatic carbocycles. The summed E-state index contributed by atoms with van der Waals surface area (Å²) in [6, 6.07) is 0. The van der Waals surface area contributed by atoms with Crippen LogP contribution in [0.5, 0.6) is 0 Å². The predicted molar refractivity (Wildman–Crippen MR) is 62.2 cm³/mol. The summed E-state index contributed by atoms with van der Waals surface area (Å²) in [7, 11) is 1.42. The van der Waals surface area contributed by atoms with E-state index in [1.807, 2.05) is 6.92 Å². The van der Waals surface area contributed by atoms with E-state index in [1.165, 1.54) is 12.7 Å². The molecule has 1 heterocycles. The minimum Gasteiger partial charge on any atom is -0.469 e. The molecule has 0 saturated heterocycles. The Morgan fingerprint density at radius 2 is 2.19 bits per heavy atom. The average molecular weight is 224 g/mol. The topological polar surface area (TPSA) is 55.0 Å². The minimum absolute atomic E-state index is 0.170. The number of rotatable bonds is 5. The lowest BCUT2D eigenvalue weighted by Crippen LogP contribution is -2.05. The number of nitrogens with one attached hydrogen (secondary N) is 1. The molecule has 0 unspecified atom stereocenters. The Labute approximate surface area is 96.4 Å². The van der Waals surface area contributed by atoms with Crippen LogP contribution in [0, 0.1) is 12.8 Å². The normalized spacial score (nSPS) is 10.8. The molecule has 0 atom stereocenters. The van der Waals surface area contributed by atoms with Crippen molar-refractivity contribution in [1.29, 1.82) is 0 Å². The standard InChI is InChI=1S/C12H20N2O2/c1-8(2)7-11-10(9(3)13-14-11)5-6-12(15)16-4/h8H,5-7H2,1-4H3,(H,13,14). The maximum absolute atomic E-state index is 11.1. The summed E-state index contributed by atoms with van der Waals surface area (Å²) in [5.74, 6) is 0.399. The third kappa shape index (κ3) is 3.36. The van der Waals surface area contributed by atoms with Gasteiger partial charge in [-0.2, -0.15) is 5.10 Å². The summed E-state index contributed by atoms with van der Waals surface area (Å²) in [5, 5.41) is 7.26. The SMILES string of the molecule is COC(=O)CCc1c(CC(C)C)n[nH]c1C. The Balaban J connectivity index is 2.69. The van der Waals surface area contributed by atoms with Gasteiger partial charge in [0.05, 0.1) is 12.8 Å². The summed E-state index contributed by atoms with van der Waals surface area (Å²) in [4.78, 5) is 11.1. The number of esters is 1. The van der Waals surface area contributed by atoms with Crippen molar-refractivity contribution in [3.63, 3.8) is 0 Å². The maximum atomic E-state index is 11.1. The molecule has 0 saturated carbocycles. The van der Waals surface area contributed by atoms with Crippen LogP contribution in [-0.4, -0.2) is 23.3 Å². The van der Waals surface area contributed by atoms with Crippen molar-refractivity contribution >= 4 is 5.97 Å². The Hall–Kier alpha value is -1.32. The third-order valence-electron chi connectivity index (χ3n) is 2.57. The molecule has 0 aliphatic heterocycles. The van der Waals surface area contributed by atoms with E-state index in [2.05, 4.69) is 28.8 Å². The van der Waals surface area contributed by atoms with Crippen LogP contribution in [0.3, 0.4) is 0 Å². The maximum Gasteiger partial charge on any atom is 0.305 e. The molecule has 0 fully saturated rings. The highest BCUT2D eigenvalue weighted by atomic mass is 16.5. The second-order valence-corrected chi connectivity index (χ2v) is 4.45. The number of carbonyl (C=O) groups excluding carboxylic acids is 1. The first-order valence-electron chi connectivity index (χ1n) is 5.64. The van der Waals surface area contributed by atoms with Crippen LogP contribution in [0.1, 0.15) is 37.2 Å². The molecule has 0 aliphatic carbocycles. The van der Waals surface area contributed by atoms with Gasteiger partial charge in [0.15, 0.2) is 0 Å². The summed E-state index contributed by atoms with van der Waals surface area (Å²) < 4.78 is 4.64. The average Bonchev–Trinajstić information content (AvgIpc) is 2.56. The zero-order valence-corrected chi connectivity index (χ0v) is 10.5. The zero-order chi connectivity index (χ0) is 12.1. The van der Waals surface area contributed by atoms with Crippen molar-refractivity contribution in [1.82, 2.24) is 10.2 Å². The number of hydrogen-bond donors (Lipinski definition) is 1. The second kappa shape index (κ2) is 5.68.